The molecular weight excluding hydrogens is 1310 g/mol. The smallest absolute Gasteiger partial charge is 0.170 e. The Morgan fingerprint density at radius 1 is 0.350 bits per heavy atom. The van der Waals surface area contributed by atoms with Crippen molar-refractivity contribution >= 4 is 46.0 Å². The van der Waals surface area contributed by atoms with Crippen LogP contribution in [0.1, 0.15) is 161 Å². The molecule has 100 heavy (non-hydrogen) atoms. The van der Waals surface area contributed by atoms with Gasteiger partial charge in [-0.3, -0.25) is 0 Å². The van der Waals surface area contributed by atoms with E-state index in [9.17, 15) is 10.2 Å². The molecule has 0 fully saturated rings. The van der Waals surface area contributed by atoms with E-state index in [1.807, 2.05) is 36.4 Å². The van der Waals surface area contributed by atoms with Crippen LogP contribution in [0.2, 0.25) is 0 Å². The maximum Gasteiger partial charge on any atom is 0.170 e. The van der Waals surface area contributed by atoms with Crippen molar-refractivity contribution in [3.63, 3.8) is 0 Å². The molecule has 0 atom stereocenters. The summed E-state index contributed by atoms with van der Waals surface area (Å²) in [5.41, 5.74) is 13.3. The number of phenolic OH excluding ortho intramolecular Hbond substituents is 2. The number of thiocarbonyl (C=S) groups is 2. The highest BCUT2D eigenvalue weighted by Crippen LogP contribution is 2.44. The van der Waals surface area contributed by atoms with Crippen LogP contribution in [0.15, 0.2) is 84.9 Å². The van der Waals surface area contributed by atoms with Gasteiger partial charge in [-0.15, -0.1) is 0 Å². The topological polar surface area (TPSA) is 199 Å². The van der Waals surface area contributed by atoms with Crippen LogP contribution in [0.4, 0.5) is 11.4 Å². The minimum atomic E-state index is -0.290. The number of benzene rings is 6. The van der Waals surface area contributed by atoms with Crippen LogP contribution in [0, 0.1) is 0 Å². The van der Waals surface area contributed by atoms with E-state index in [1.165, 1.54) is 0 Å². The van der Waals surface area contributed by atoms with Gasteiger partial charge >= 0.3 is 0 Å². The number of aromatic hydroxyl groups is 2. The van der Waals surface area contributed by atoms with Crippen molar-refractivity contribution in [2.24, 2.45) is 0 Å². The highest BCUT2D eigenvalue weighted by atomic mass is 32.1. The molecule has 9 rings (SSSR count). The Bertz CT molecular complexity index is 3370. The zero-order valence-electron chi connectivity index (χ0n) is 61.1. The summed E-state index contributed by atoms with van der Waals surface area (Å²) in [5, 5.41) is 40.4. The first-order valence-corrected chi connectivity index (χ1v) is 36.1. The maximum absolute atomic E-state index is 13.0. The third-order valence-corrected chi connectivity index (χ3v) is 18.1. The van der Waals surface area contributed by atoms with Crippen LogP contribution < -0.4 is 40.2 Å². The van der Waals surface area contributed by atoms with Crippen molar-refractivity contribution in [1.29, 1.82) is 0 Å². The lowest BCUT2D eigenvalue weighted by molar-refractivity contribution is -0.00892. The van der Waals surface area contributed by atoms with Gasteiger partial charge in [-0.1, -0.05) is 132 Å². The first-order valence-electron chi connectivity index (χ1n) is 35.3. The first-order chi connectivity index (χ1) is 47.8. The standard InChI is InChI=1S/C80H108N4O14S2/c1-77(2,3)63-41-53-37-57-45-65(79(7,8)9)47-59(73(57)97-19-17-81-75(99)83-67-13-15-69-61(49-67)51-93-31-29-89-23-21-87-25-27-91-33-35-95-69)39-55-43-64(78(4,5)6)44-56(72(55)86)40-60-48-66(80(10,11)12)46-58(38-54(42-63)71(53)85)74(60)98-20-18-82-76(100)84-68-14-16-70-62(50-68)52-94-32-30-90-24-22-88-26-28-92-34-36-96-70/h13-16,41-50,85-86H,17-40,51-52H2,1-12H3,(H2,81,83,99)(H2,82,84,100). The van der Waals surface area contributed by atoms with E-state index in [4.69, 9.17) is 81.3 Å². The molecule has 2 aliphatic heterocycles. The number of phenols is 2. The normalized spacial score (nSPS) is 16.3. The predicted octanol–water partition coefficient (Wildman–Crippen LogP) is 13.6. The number of ether oxygens (including phenoxy) is 12. The van der Waals surface area contributed by atoms with Crippen LogP contribution in [-0.2, 0) is 98.5 Å². The predicted molar refractivity (Wildman–Crippen MR) is 403 cm³/mol. The van der Waals surface area contributed by atoms with Gasteiger partial charge in [-0.25, -0.2) is 0 Å². The lowest BCUT2D eigenvalue weighted by Gasteiger charge is -2.28. The lowest BCUT2D eigenvalue weighted by Crippen LogP contribution is -2.32. The molecule has 0 spiro atoms. The van der Waals surface area contributed by atoms with Crippen molar-refractivity contribution in [3.05, 3.63) is 163 Å². The lowest BCUT2D eigenvalue weighted by atomic mass is 9.79. The molecule has 20 heteroatoms. The summed E-state index contributed by atoms with van der Waals surface area (Å²) < 4.78 is 72.4. The fourth-order valence-corrected chi connectivity index (χ4v) is 12.4. The van der Waals surface area contributed by atoms with Gasteiger partial charge in [0, 0.05) is 48.2 Å². The molecule has 0 radical (unpaired) electrons. The number of anilines is 2. The van der Waals surface area contributed by atoms with Gasteiger partial charge in [0.05, 0.1) is 119 Å². The summed E-state index contributed by atoms with van der Waals surface area (Å²) in [7, 11) is 0. The van der Waals surface area contributed by atoms with Crippen LogP contribution in [-0.4, -0.2) is 152 Å². The zero-order valence-corrected chi connectivity index (χ0v) is 62.7. The van der Waals surface area contributed by atoms with Crippen LogP contribution in [0.3, 0.4) is 0 Å². The molecule has 1 aliphatic carbocycles. The Kier molecular flexibility index (Phi) is 28.1. The zero-order chi connectivity index (χ0) is 71.5. The van der Waals surface area contributed by atoms with Gasteiger partial charge in [-0.05, 0) is 149 Å². The van der Waals surface area contributed by atoms with E-state index in [-0.39, 0.29) is 46.4 Å². The molecule has 0 saturated heterocycles. The monoisotopic (exact) mass is 1410 g/mol. The van der Waals surface area contributed by atoms with Gasteiger partial charge in [0.1, 0.15) is 60.9 Å². The summed E-state index contributed by atoms with van der Waals surface area (Å²) >= 11 is 11.9. The molecule has 2 heterocycles. The Hall–Kier alpha value is -6.82. The second-order valence-corrected chi connectivity index (χ2v) is 30.6. The van der Waals surface area contributed by atoms with Gasteiger partial charge in [0.2, 0.25) is 0 Å². The summed E-state index contributed by atoms with van der Waals surface area (Å²) in [6, 6.07) is 29.2. The fourth-order valence-electron chi connectivity index (χ4n) is 11.9. The van der Waals surface area contributed by atoms with Crippen molar-refractivity contribution in [3.8, 4) is 34.5 Å². The van der Waals surface area contributed by atoms with E-state index < -0.39 is 0 Å². The minimum absolute atomic E-state index is 0.216. The average Bonchev–Trinajstić information content (AvgIpc) is 0.766. The molecule has 0 unspecified atom stereocenters. The molecule has 6 aromatic carbocycles. The van der Waals surface area contributed by atoms with E-state index >= 15 is 0 Å². The van der Waals surface area contributed by atoms with E-state index in [2.05, 4.69) is 153 Å². The molecular formula is C80H108N4O14S2. The molecule has 8 bridgehead atoms. The Labute approximate surface area is 604 Å². The van der Waals surface area contributed by atoms with Crippen molar-refractivity contribution in [2.75, 3.05) is 143 Å². The van der Waals surface area contributed by atoms with Crippen molar-refractivity contribution < 1.29 is 67.1 Å². The van der Waals surface area contributed by atoms with Gasteiger partial charge in [-0.2, -0.15) is 0 Å². The fraction of sp³-hybridized carbons (Fsp3) is 0.525. The maximum atomic E-state index is 13.0. The van der Waals surface area contributed by atoms with E-state index in [0.717, 1.165) is 89.3 Å². The highest BCUT2D eigenvalue weighted by Gasteiger charge is 2.29. The summed E-state index contributed by atoms with van der Waals surface area (Å²) in [5.74, 6) is 3.21. The summed E-state index contributed by atoms with van der Waals surface area (Å²) in [4.78, 5) is 0. The number of nitrogens with one attached hydrogen (secondary N) is 4. The SMILES string of the molecule is CC(C)(C)c1cc2c(O)c(c1)Cc1cc(C(C)(C)C)cc(c1OCCNC(=S)Nc1ccc3c(c1)COCCOCCOCCOCCO3)Cc1cc(C(C)(C)C)cc(c1O)Cc1cc(C(C)(C)C)cc(c1OCCNC(=S)Nc1ccc3c(c1)COCCOCCOCCOCCO3)C2. The van der Waals surface area contributed by atoms with Crippen LogP contribution in [0.25, 0.3) is 0 Å². The second kappa shape index (κ2) is 36.4. The Morgan fingerprint density at radius 3 is 0.890 bits per heavy atom. The molecule has 6 aromatic rings. The average molecular weight is 1410 g/mol. The van der Waals surface area contributed by atoms with E-state index in [1.54, 1.807) is 0 Å². The van der Waals surface area contributed by atoms with Gasteiger partial charge < -0.3 is 88.3 Å². The third-order valence-electron chi connectivity index (χ3n) is 17.6. The molecule has 0 saturated carbocycles. The van der Waals surface area contributed by atoms with E-state index in [0.29, 0.717) is 191 Å². The molecule has 0 aromatic heterocycles. The summed E-state index contributed by atoms with van der Waals surface area (Å²) in [6.45, 7) is 35.6. The summed E-state index contributed by atoms with van der Waals surface area (Å²) in [6.07, 6.45) is 1.42. The molecule has 3 aliphatic rings. The van der Waals surface area contributed by atoms with Crippen molar-refractivity contribution in [1.82, 2.24) is 10.6 Å². The third kappa shape index (κ3) is 23.1. The van der Waals surface area contributed by atoms with Crippen LogP contribution in [0.5, 0.6) is 34.5 Å². The first kappa shape index (κ1) is 77.3. The molecule has 0 amide bonds. The van der Waals surface area contributed by atoms with Crippen LogP contribution >= 0.6 is 24.4 Å². The Morgan fingerprint density at radius 2 is 0.610 bits per heavy atom. The number of rotatable bonds is 10. The Balaban J connectivity index is 1.02. The van der Waals surface area contributed by atoms with Gasteiger partial charge in [0.25, 0.3) is 0 Å². The molecule has 18 nitrogen and oxygen atoms in total. The number of hydrogen-bond donors (Lipinski definition) is 6. The van der Waals surface area contributed by atoms with Crippen molar-refractivity contribution in [2.45, 2.75) is 144 Å². The minimum Gasteiger partial charge on any atom is -0.507 e. The highest BCUT2D eigenvalue weighted by molar-refractivity contribution is 7.80. The number of hydrogen-bond acceptors (Lipinski definition) is 16. The quantitative estimate of drug-likeness (QED) is 0.0558. The number of fused-ring (bicyclic) bond motifs is 10. The van der Waals surface area contributed by atoms with Gasteiger partial charge in [0.15, 0.2) is 10.2 Å². The molecule has 544 valence electrons. The second-order valence-electron chi connectivity index (χ2n) is 29.8. The largest absolute Gasteiger partial charge is 0.507 e. The molecule has 6 N–H and O–H groups in total.